The van der Waals surface area contributed by atoms with E-state index in [1.54, 1.807) is 13.4 Å². The van der Waals surface area contributed by atoms with E-state index in [-0.39, 0.29) is 5.91 Å². The molecular weight excluding hydrogens is 324 g/mol. The highest BCUT2D eigenvalue weighted by atomic mass is 32.2. The molecule has 1 fully saturated rings. The smallest absolute Gasteiger partial charge is 0.234 e. The van der Waals surface area contributed by atoms with Crippen LogP contribution in [0.5, 0.6) is 5.75 Å². The number of nitrogens with zero attached hydrogens (tertiary/aromatic N) is 3. The third kappa shape index (κ3) is 4.38. The molecule has 24 heavy (non-hydrogen) atoms. The van der Waals surface area contributed by atoms with Gasteiger partial charge in [-0.2, -0.15) is 0 Å². The van der Waals surface area contributed by atoms with Gasteiger partial charge in [-0.25, -0.2) is 9.97 Å². The lowest BCUT2D eigenvalue weighted by Gasteiger charge is -2.16. The maximum absolute atomic E-state index is 12.1. The van der Waals surface area contributed by atoms with Crippen molar-refractivity contribution in [2.24, 2.45) is 0 Å². The minimum atomic E-state index is -0.0634. The Labute approximate surface area is 145 Å². The SMILES string of the molecule is COc1ccc(NC(=O)CSc2cc(N3CCCC3)ncn2)cc1. The summed E-state index contributed by atoms with van der Waals surface area (Å²) in [6, 6.07) is 9.22. The van der Waals surface area contributed by atoms with Crippen molar-refractivity contribution in [2.75, 3.05) is 36.2 Å². The van der Waals surface area contributed by atoms with Crippen LogP contribution in [0.15, 0.2) is 41.7 Å². The van der Waals surface area contributed by atoms with Gasteiger partial charge in [-0.05, 0) is 37.1 Å². The molecule has 6 nitrogen and oxygen atoms in total. The molecule has 2 heterocycles. The molecule has 3 rings (SSSR count). The molecule has 0 bridgehead atoms. The lowest BCUT2D eigenvalue weighted by molar-refractivity contribution is -0.113. The summed E-state index contributed by atoms with van der Waals surface area (Å²) in [5, 5.41) is 3.68. The molecule has 2 aromatic rings. The van der Waals surface area contributed by atoms with Crippen molar-refractivity contribution < 1.29 is 9.53 Å². The molecular formula is C17H20N4O2S. The molecule has 0 unspecified atom stereocenters. The Morgan fingerprint density at radius 2 is 2.00 bits per heavy atom. The maximum Gasteiger partial charge on any atom is 0.234 e. The predicted octanol–water partition coefficient (Wildman–Crippen LogP) is 2.82. The van der Waals surface area contributed by atoms with E-state index >= 15 is 0 Å². The molecule has 0 radical (unpaired) electrons. The van der Waals surface area contributed by atoms with Crippen LogP contribution >= 0.6 is 11.8 Å². The van der Waals surface area contributed by atoms with E-state index in [9.17, 15) is 4.79 Å². The second-order valence-corrected chi connectivity index (χ2v) is 6.47. The number of benzene rings is 1. The zero-order chi connectivity index (χ0) is 16.8. The van der Waals surface area contributed by atoms with Gasteiger partial charge in [-0.15, -0.1) is 0 Å². The normalized spacial score (nSPS) is 13.8. The molecule has 1 saturated heterocycles. The number of nitrogens with one attached hydrogen (secondary N) is 1. The summed E-state index contributed by atoms with van der Waals surface area (Å²) in [4.78, 5) is 22.9. The average Bonchev–Trinajstić information content (AvgIpc) is 3.16. The molecule has 1 amide bonds. The first kappa shape index (κ1) is 16.6. The number of rotatable bonds is 6. The zero-order valence-electron chi connectivity index (χ0n) is 13.6. The van der Waals surface area contributed by atoms with Crippen LogP contribution in [0, 0.1) is 0 Å². The Balaban J connectivity index is 1.52. The van der Waals surface area contributed by atoms with Crippen LogP contribution in [0.25, 0.3) is 0 Å². The number of hydrogen-bond donors (Lipinski definition) is 1. The number of hydrogen-bond acceptors (Lipinski definition) is 6. The van der Waals surface area contributed by atoms with Gasteiger partial charge in [0.05, 0.1) is 12.9 Å². The van der Waals surface area contributed by atoms with Crippen LogP contribution in [-0.4, -0.2) is 41.8 Å². The van der Waals surface area contributed by atoms with Gasteiger partial charge in [-0.3, -0.25) is 4.79 Å². The van der Waals surface area contributed by atoms with E-state index < -0.39 is 0 Å². The first-order chi connectivity index (χ1) is 11.7. The molecule has 1 aromatic heterocycles. The van der Waals surface area contributed by atoms with Gasteiger partial charge in [0.25, 0.3) is 0 Å². The molecule has 1 N–H and O–H groups in total. The standard InChI is InChI=1S/C17H20N4O2S/c1-23-14-6-4-13(5-7-14)20-16(22)11-24-17-10-15(18-12-19-17)21-8-2-3-9-21/h4-7,10,12H,2-3,8-9,11H2,1H3,(H,20,22). The number of amides is 1. The summed E-state index contributed by atoms with van der Waals surface area (Å²) < 4.78 is 5.10. The van der Waals surface area contributed by atoms with Gasteiger partial charge in [-0.1, -0.05) is 11.8 Å². The molecule has 1 aromatic carbocycles. The van der Waals surface area contributed by atoms with Crippen LogP contribution in [-0.2, 0) is 4.79 Å². The molecule has 1 aliphatic heterocycles. The minimum Gasteiger partial charge on any atom is -0.497 e. The van der Waals surface area contributed by atoms with Crippen molar-refractivity contribution in [2.45, 2.75) is 17.9 Å². The molecule has 0 aliphatic carbocycles. The van der Waals surface area contributed by atoms with Crippen molar-refractivity contribution >= 4 is 29.2 Å². The molecule has 0 atom stereocenters. The highest BCUT2D eigenvalue weighted by Gasteiger charge is 2.14. The molecule has 7 heteroatoms. The summed E-state index contributed by atoms with van der Waals surface area (Å²) in [6.45, 7) is 2.08. The van der Waals surface area contributed by atoms with Crippen molar-refractivity contribution in [1.82, 2.24) is 9.97 Å². The lowest BCUT2D eigenvalue weighted by Crippen LogP contribution is -2.19. The molecule has 0 saturated carbocycles. The van der Waals surface area contributed by atoms with Gasteiger partial charge in [0.15, 0.2) is 0 Å². The number of anilines is 2. The van der Waals surface area contributed by atoms with E-state index in [1.807, 2.05) is 30.3 Å². The predicted molar refractivity (Wildman–Crippen MR) is 95.8 cm³/mol. The van der Waals surface area contributed by atoms with Crippen LogP contribution in [0.4, 0.5) is 11.5 Å². The second kappa shape index (κ2) is 8.01. The Kier molecular flexibility index (Phi) is 5.53. The Bertz CT molecular complexity index is 687. The van der Waals surface area contributed by atoms with Gasteiger partial charge in [0, 0.05) is 24.8 Å². The quantitative estimate of drug-likeness (QED) is 0.642. The third-order valence-electron chi connectivity index (χ3n) is 3.78. The highest BCUT2D eigenvalue weighted by Crippen LogP contribution is 2.23. The maximum atomic E-state index is 12.1. The van der Waals surface area contributed by atoms with E-state index in [1.165, 1.54) is 24.6 Å². The highest BCUT2D eigenvalue weighted by molar-refractivity contribution is 7.99. The molecule has 1 aliphatic rings. The largest absolute Gasteiger partial charge is 0.497 e. The number of ether oxygens (including phenoxy) is 1. The van der Waals surface area contributed by atoms with Crippen LogP contribution in [0.2, 0.25) is 0 Å². The summed E-state index contributed by atoms with van der Waals surface area (Å²) in [5.74, 6) is 1.95. The van der Waals surface area contributed by atoms with Gasteiger partial charge in [0.2, 0.25) is 5.91 Å². The van der Waals surface area contributed by atoms with Crippen LogP contribution < -0.4 is 15.0 Å². The second-order valence-electron chi connectivity index (χ2n) is 5.47. The van der Waals surface area contributed by atoms with E-state index in [4.69, 9.17) is 4.74 Å². The van der Waals surface area contributed by atoms with Crippen molar-refractivity contribution in [3.63, 3.8) is 0 Å². The monoisotopic (exact) mass is 344 g/mol. The summed E-state index contributed by atoms with van der Waals surface area (Å²) in [5.41, 5.74) is 0.752. The van der Waals surface area contributed by atoms with Crippen molar-refractivity contribution in [1.29, 1.82) is 0 Å². The summed E-state index contributed by atoms with van der Waals surface area (Å²) >= 11 is 1.41. The number of aromatic nitrogens is 2. The molecule has 126 valence electrons. The Morgan fingerprint density at radius 3 is 2.71 bits per heavy atom. The third-order valence-corrected chi connectivity index (χ3v) is 4.71. The first-order valence-electron chi connectivity index (χ1n) is 7.88. The fourth-order valence-corrected chi connectivity index (χ4v) is 3.20. The zero-order valence-corrected chi connectivity index (χ0v) is 14.4. The fraction of sp³-hybridized carbons (Fsp3) is 0.353. The van der Waals surface area contributed by atoms with Gasteiger partial charge in [0.1, 0.15) is 22.9 Å². The van der Waals surface area contributed by atoms with Crippen LogP contribution in [0.3, 0.4) is 0 Å². The lowest BCUT2D eigenvalue weighted by atomic mass is 10.3. The first-order valence-corrected chi connectivity index (χ1v) is 8.87. The minimum absolute atomic E-state index is 0.0634. The Morgan fingerprint density at radius 1 is 1.25 bits per heavy atom. The number of methoxy groups -OCH3 is 1. The van der Waals surface area contributed by atoms with Gasteiger partial charge >= 0.3 is 0 Å². The average molecular weight is 344 g/mol. The topological polar surface area (TPSA) is 67.3 Å². The number of carbonyl (C=O) groups is 1. The number of carbonyl (C=O) groups excluding carboxylic acids is 1. The molecule has 0 spiro atoms. The van der Waals surface area contributed by atoms with Crippen molar-refractivity contribution in [3.8, 4) is 5.75 Å². The summed E-state index contributed by atoms with van der Waals surface area (Å²) in [7, 11) is 1.61. The van der Waals surface area contributed by atoms with Gasteiger partial charge < -0.3 is 15.0 Å². The Hall–Kier alpha value is -2.28. The fourth-order valence-electron chi connectivity index (χ4n) is 2.54. The number of thioether (sulfide) groups is 1. The van der Waals surface area contributed by atoms with Crippen molar-refractivity contribution in [3.05, 3.63) is 36.7 Å². The van der Waals surface area contributed by atoms with E-state index in [2.05, 4.69) is 20.2 Å². The van der Waals surface area contributed by atoms with Crippen LogP contribution in [0.1, 0.15) is 12.8 Å². The van der Waals surface area contributed by atoms with E-state index in [0.29, 0.717) is 5.75 Å². The van der Waals surface area contributed by atoms with E-state index in [0.717, 1.165) is 35.4 Å². The summed E-state index contributed by atoms with van der Waals surface area (Å²) in [6.07, 6.45) is 3.98.